The van der Waals surface area contributed by atoms with Crippen molar-refractivity contribution in [3.63, 3.8) is 0 Å². The van der Waals surface area contributed by atoms with Crippen LogP contribution in [-0.4, -0.2) is 42.7 Å². The predicted octanol–water partition coefficient (Wildman–Crippen LogP) is 3.31. The van der Waals surface area contributed by atoms with Gasteiger partial charge in [-0.3, -0.25) is 4.90 Å². The van der Waals surface area contributed by atoms with Crippen molar-refractivity contribution in [2.24, 2.45) is 5.41 Å². The molecule has 0 aromatic rings. The molecule has 1 heterocycles. The van der Waals surface area contributed by atoms with E-state index in [4.69, 9.17) is 4.74 Å². The Kier molecular flexibility index (Phi) is 3.72. The van der Waals surface area contributed by atoms with Crippen LogP contribution in [0.4, 0.5) is 8.78 Å². The zero-order valence-electron chi connectivity index (χ0n) is 11.8. The number of rotatable bonds is 6. The molecular weight excluding hydrogens is 236 g/mol. The van der Waals surface area contributed by atoms with Crippen molar-refractivity contribution in [2.75, 3.05) is 26.2 Å². The largest absolute Gasteiger partial charge is 0.375 e. The van der Waals surface area contributed by atoms with Gasteiger partial charge < -0.3 is 4.74 Å². The van der Waals surface area contributed by atoms with Gasteiger partial charge in [-0.05, 0) is 33.1 Å². The molecule has 1 saturated carbocycles. The van der Waals surface area contributed by atoms with E-state index in [1.54, 1.807) is 0 Å². The van der Waals surface area contributed by atoms with E-state index >= 15 is 0 Å². The fraction of sp³-hybridized carbons (Fsp3) is 1.00. The first-order valence-corrected chi connectivity index (χ1v) is 7.00. The van der Waals surface area contributed by atoms with Gasteiger partial charge in [0.1, 0.15) is 0 Å². The summed E-state index contributed by atoms with van der Waals surface area (Å²) in [5.74, 6) is -2.47. The van der Waals surface area contributed by atoms with Gasteiger partial charge in [0.05, 0.1) is 18.8 Å². The zero-order valence-corrected chi connectivity index (χ0v) is 11.8. The molecule has 2 fully saturated rings. The van der Waals surface area contributed by atoms with Crippen LogP contribution in [0.2, 0.25) is 0 Å². The number of likely N-dealkylation sites (tertiary alicyclic amines) is 1. The normalized spacial score (nSPS) is 26.5. The number of halogens is 2. The molecule has 2 rings (SSSR count). The predicted molar refractivity (Wildman–Crippen MR) is 68.0 cm³/mol. The lowest BCUT2D eigenvalue weighted by molar-refractivity contribution is -0.0495. The summed E-state index contributed by atoms with van der Waals surface area (Å²) >= 11 is 0. The topological polar surface area (TPSA) is 12.5 Å². The van der Waals surface area contributed by atoms with E-state index in [-0.39, 0.29) is 24.0 Å². The summed E-state index contributed by atoms with van der Waals surface area (Å²) in [6.07, 6.45) is 3.24. The summed E-state index contributed by atoms with van der Waals surface area (Å²) in [7, 11) is 0. The van der Waals surface area contributed by atoms with E-state index in [0.717, 1.165) is 32.4 Å². The third-order valence-electron chi connectivity index (χ3n) is 4.39. The minimum Gasteiger partial charge on any atom is -0.375 e. The summed E-state index contributed by atoms with van der Waals surface area (Å²) in [5.41, 5.74) is 0.0669. The Morgan fingerprint density at radius 2 is 1.89 bits per heavy atom. The van der Waals surface area contributed by atoms with Gasteiger partial charge in [-0.25, -0.2) is 8.78 Å². The standard InChI is InChI=1S/C14H25F2NO/c1-4-12(2,3)18-11-13(5-6-13)9-17-8-7-14(15,16)10-17/h4-11H2,1-3H3. The Hall–Kier alpha value is -0.220. The van der Waals surface area contributed by atoms with E-state index in [1.807, 2.05) is 4.90 Å². The second kappa shape index (κ2) is 4.71. The summed E-state index contributed by atoms with van der Waals surface area (Å²) in [6, 6.07) is 0. The van der Waals surface area contributed by atoms with Gasteiger partial charge in [0.2, 0.25) is 0 Å². The van der Waals surface area contributed by atoms with Crippen molar-refractivity contribution >= 4 is 0 Å². The molecule has 0 amide bonds. The van der Waals surface area contributed by atoms with E-state index in [1.165, 1.54) is 0 Å². The Bertz CT molecular complexity index is 300. The van der Waals surface area contributed by atoms with Crippen molar-refractivity contribution in [3.05, 3.63) is 0 Å². The van der Waals surface area contributed by atoms with Crippen LogP contribution in [0.25, 0.3) is 0 Å². The molecule has 0 bridgehead atoms. The molecular formula is C14H25F2NO. The minimum absolute atomic E-state index is 0.0182. The maximum atomic E-state index is 13.1. The molecule has 0 atom stereocenters. The van der Waals surface area contributed by atoms with E-state index in [0.29, 0.717) is 6.54 Å². The van der Waals surface area contributed by atoms with Crippen LogP contribution in [0, 0.1) is 5.41 Å². The van der Waals surface area contributed by atoms with Crippen LogP contribution in [0.3, 0.4) is 0 Å². The molecule has 0 aromatic carbocycles. The van der Waals surface area contributed by atoms with Crippen molar-refractivity contribution in [2.45, 2.75) is 58.0 Å². The molecule has 1 aliphatic carbocycles. The summed E-state index contributed by atoms with van der Waals surface area (Å²) in [5, 5.41) is 0. The van der Waals surface area contributed by atoms with Crippen molar-refractivity contribution < 1.29 is 13.5 Å². The lowest BCUT2D eigenvalue weighted by Gasteiger charge is -2.29. The fourth-order valence-corrected chi connectivity index (χ4v) is 2.39. The molecule has 1 saturated heterocycles. The Labute approximate surface area is 109 Å². The Morgan fingerprint density at radius 3 is 2.33 bits per heavy atom. The lowest BCUT2D eigenvalue weighted by Crippen LogP contribution is -2.35. The minimum atomic E-state index is -2.47. The number of hydrogen-bond donors (Lipinski definition) is 0. The molecule has 2 nitrogen and oxygen atoms in total. The van der Waals surface area contributed by atoms with Crippen LogP contribution in [0.1, 0.15) is 46.5 Å². The molecule has 0 unspecified atom stereocenters. The second-order valence-corrected chi connectivity index (χ2v) is 6.72. The highest BCUT2D eigenvalue weighted by Crippen LogP contribution is 2.48. The average molecular weight is 261 g/mol. The van der Waals surface area contributed by atoms with Crippen LogP contribution in [0.5, 0.6) is 0 Å². The highest BCUT2D eigenvalue weighted by molar-refractivity contribution is 4.98. The third-order valence-corrected chi connectivity index (χ3v) is 4.39. The quantitative estimate of drug-likeness (QED) is 0.727. The number of nitrogens with zero attached hydrogens (tertiary/aromatic N) is 1. The Balaban J connectivity index is 1.79. The van der Waals surface area contributed by atoms with Gasteiger partial charge in [0, 0.05) is 24.9 Å². The SMILES string of the molecule is CCC(C)(C)OCC1(CN2CCC(F)(F)C2)CC1. The van der Waals surface area contributed by atoms with Crippen LogP contribution >= 0.6 is 0 Å². The van der Waals surface area contributed by atoms with Crippen LogP contribution in [-0.2, 0) is 4.74 Å². The number of hydrogen-bond acceptors (Lipinski definition) is 2. The average Bonchev–Trinajstić information content (AvgIpc) is 2.96. The van der Waals surface area contributed by atoms with Gasteiger partial charge in [0.25, 0.3) is 5.92 Å². The lowest BCUT2D eigenvalue weighted by atomic mass is 10.0. The van der Waals surface area contributed by atoms with Gasteiger partial charge >= 0.3 is 0 Å². The molecule has 106 valence electrons. The van der Waals surface area contributed by atoms with E-state index in [2.05, 4.69) is 20.8 Å². The fourth-order valence-electron chi connectivity index (χ4n) is 2.39. The van der Waals surface area contributed by atoms with E-state index in [9.17, 15) is 8.78 Å². The summed E-state index contributed by atoms with van der Waals surface area (Å²) < 4.78 is 32.2. The molecule has 2 aliphatic rings. The van der Waals surface area contributed by atoms with Gasteiger partial charge in [-0.2, -0.15) is 0 Å². The molecule has 4 heteroatoms. The van der Waals surface area contributed by atoms with Gasteiger partial charge in [-0.1, -0.05) is 6.92 Å². The highest BCUT2D eigenvalue weighted by atomic mass is 19.3. The van der Waals surface area contributed by atoms with Gasteiger partial charge in [-0.15, -0.1) is 0 Å². The molecule has 0 spiro atoms. The van der Waals surface area contributed by atoms with Crippen LogP contribution < -0.4 is 0 Å². The van der Waals surface area contributed by atoms with Crippen LogP contribution in [0.15, 0.2) is 0 Å². The molecule has 0 radical (unpaired) electrons. The molecule has 18 heavy (non-hydrogen) atoms. The monoisotopic (exact) mass is 261 g/mol. The zero-order chi connectivity index (χ0) is 13.4. The first-order valence-electron chi connectivity index (χ1n) is 7.00. The Morgan fingerprint density at radius 1 is 1.22 bits per heavy atom. The first kappa shape index (κ1) is 14.2. The van der Waals surface area contributed by atoms with Gasteiger partial charge in [0.15, 0.2) is 0 Å². The third kappa shape index (κ3) is 3.64. The highest BCUT2D eigenvalue weighted by Gasteiger charge is 2.48. The van der Waals surface area contributed by atoms with Crippen molar-refractivity contribution in [3.8, 4) is 0 Å². The molecule has 0 aromatic heterocycles. The van der Waals surface area contributed by atoms with E-state index < -0.39 is 5.92 Å². The van der Waals surface area contributed by atoms with Crippen molar-refractivity contribution in [1.82, 2.24) is 4.90 Å². The molecule has 1 aliphatic heterocycles. The number of ether oxygens (including phenoxy) is 1. The maximum absolute atomic E-state index is 13.1. The smallest absolute Gasteiger partial charge is 0.261 e. The number of alkyl halides is 2. The summed E-state index contributed by atoms with van der Waals surface area (Å²) in [4.78, 5) is 1.91. The second-order valence-electron chi connectivity index (χ2n) is 6.72. The maximum Gasteiger partial charge on any atom is 0.261 e. The molecule has 0 N–H and O–H groups in total. The summed E-state index contributed by atoms with van der Waals surface area (Å²) in [6.45, 7) is 8.26. The van der Waals surface area contributed by atoms with Crippen molar-refractivity contribution in [1.29, 1.82) is 0 Å². The first-order chi connectivity index (χ1) is 8.26.